The monoisotopic (exact) mass is 275 g/mol. The standard InChI is InChI=1S/C12H12F3NO3/c13-12(14,15)8-18-7-11(17)16-5-6-19-10-4-2-1-3-9(10)16/h1-4H,5-8H2. The lowest BCUT2D eigenvalue weighted by molar-refractivity contribution is -0.175. The highest BCUT2D eigenvalue weighted by molar-refractivity contribution is 5.96. The van der Waals surface area contributed by atoms with E-state index in [2.05, 4.69) is 4.74 Å². The molecule has 1 aromatic carbocycles. The average Bonchev–Trinajstić information content (AvgIpc) is 2.36. The van der Waals surface area contributed by atoms with Crippen LogP contribution in [0.4, 0.5) is 18.9 Å². The number of amides is 1. The zero-order valence-electron chi connectivity index (χ0n) is 9.94. The Labute approximate surface area is 107 Å². The molecule has 1 aliphatic rings. The summed E-state index contributed by atoms with van der Waals surface area (Å²) in [6.07, 6.45) is -4.43. The Kier molecular flexibility index (Phi) is 3.94. The van der Waals surface area contributed by atoms with E-state index in [-0.39, 0.29) is 0 Å². The molecule has 0 N–H and O–H groups in total. The fourth-order valence-corrected chi connectivity index (χ4v) is 1.76. The maximum Gasteiger partial charge on any atom is 0.411 e. The van der Waals surface area contributed by atoms with Crippen LogP contribution >= 0.6 is 0 Å². The van der Waals surface area contributed by atoms with Crippen LogP contribution in [0.5, 0.6) is 5.75 Å². The number of halogens is 3. The van der Waals surface area contributed by atoms with E-state index in [1.54, 1.807) is 24.3 Å². The normalized spacial score (nSPS) is 14.8. The van der Waals surface area contributed by atoms with E-state index in [0.717, 1.165) is 0 Å². The third-order valence-electron chi connectivity index (χ3n) is 2.52. The van der Waals surface area contributed by atoms with Crippen molar-refractivity contribution in [1.29, 1.82) is 0 Å². The number of alkyl halides is 3. The van der Waals surface area contributed by atoms with Crippen molar-refractivity contribution in [1.82, 2.24) is 0 Å². The van der Waals surface area contributed by atoms with Gasteiger partial charge >= 0.3 is 6.18 Å². The minimum absolute atomic E-state index is 0.297. The highest BCUT2D eigenvalue weighted by atomic mass is 19.4. The summed E-state index contributed by atoms with van der Waals surface area (Å²) in [5.41, 5.74) is 0.550. The van der Waals surface area contributed by atoms with Gasteiger partial charge in [0.05, 0.1) is 12.2 Å². The minimum atomic E-state index is -4.43. The summed E-state index contributed by atoms with van der Waals surface area (Å²) in [6, 6.07) is 6.86. The summed E-state index contributed by atoms with van der Waals surface area (Å²) >= 11 is 0. The Morgan fingerprint density at radius 2 is 2.11 bits per heavy atom. The van der Waals surface area contributed by atoms with Gasteiger partial charge in [0.2, 0.25) is 0 Å². The summed E-state index contributed by atoms with van der Waals surface area (Å²) in [5, 5.41) is 0. The van der Waals surface area contributed by atoms with Crippen molar-refractivity contribution in [3.63, 3.8) is 0 Å². The van der Waals surface area contributed by atoms with E-state index in [1.165, 1.54) is 4.90 Å². The third-order valence-corrected chi connectivity index (χ3v) is 2.52. The fourth-order valence-electron chi connectivity index (χ4n) is 1.76. The molecule has 19 heavy (non-hydrogen) atoms. The zero-order chi connectivity index (χ0) is 13.9. The Balaban J connectivity index is 1.97. The number of hydrogen-bond acceptors (Lipinski definition) is 3. The quantitative estimate of drug-likeness (QED) is 0.846. The van der Waals surface area contributed by atoms with Crippen molar-refractivity contribution < 1.29 is 27.4 Å². The maximum atomic E-state index is 11.9. The van der Waals surface area contributed by atoms with Crippen molar-refractivity contribution in [3.8, 4) is 5.75 Å². The van der Waals surface area contributed by atoms with Crippen LogP contribution < -0.4 is 9.64 Å². The van der Waals surface area contributed by atoms with E-state index in [4.69, 9.17) is 4.74 Å². The van der Waals surface area contributed by atoms with E-state index in [1.807, 2.05) is 0 Å². The Morgan fingerprint density at radius 3 is 2.84 bits per heavy atom. The number of benzene rings is 1. The predicted octanol–water partition coefficient (Wildman–Crippen LogP) is 1.99. The van der Waals surface area contributed by atoms with Crippen molar-refractivity contribution in [3.05, 3.63) is 24.3 Å². The van der Waals surface area contributed by atoms with Gasteiger partial charge in [-0.2, -0.15) is 13.2 Å². The number of hydrogen-bond donors (Lipinski definition) is 0. The highest BCUT2D eigenvalue weighted by Crippen LogP contribution is 2.30. The van der Waals surface area contributed by atoms with Crippen LogP contribution in [0.15, 0.2) is 24.3 Å². The molecular weight excluding hydrogens is 263 g/mol. The second kappa shape index (κ2) is 5.48. The van der Waals surface area contributed by atoms with Crippen LogP contribution in [0.1, 0.15) is 0 Å². The number of para-hydroxylation sites is 2. The molecule has 0 fully saturated rings. The summed E-state index contributed by atoms with van der Waals surface area (Å²) in [5.74, 6) is 0.0259. The molecule has 0 unspecified atom stereocenters. The second-order valence-corrected chi connectivity index (χ2v) is 3.97. The first-order valence-corrected chi connectivity index (χ1v) is 5.64. The fraction of sp³-hybridized carbons (Fsp3) is 0.417. The summed E-state index contributed by atoms with van der Waals surface area (Å²) in [6.45, 7) is -1.42. The van der Waals surface area contributed by atoms with Crippen LogP contribution in [-0.4, -0.2) is 38.4 Å². The van der Waals surface area contributed by atoms with Crippen molar-refractivity contribution in [2.75, 3.05) is 31.3 Å². The largest absolute Gasteiger partial charge is 0.490 e. The van der Waals surface area contributed by atoms with Crippen molar-refractivity contribution in [2.45, 2.75) is 6.18 Å². The number of rotatable bonds is 3. The van der Waals surface area contributed by atoms with E-state index < -0.39 is 25.3 Å². The van der Waals surface area contributed by atoms with Gasteiger partial charge in [0.25, 0.3) is 5.91 Å². The molecule has 7 heteroatoms. The molecule has 2 rings (SSSR count). The number of carbonyl (C=O) groups is 1. The van der Waals surface area contributed by atoms with Gasteiger partial charge in [-0.05, 0) is 12.1 Å². The number of anilines is 1. The molecule has 0 saturated carbocycles. The Morgan fingerprint density at radius 1 is 1.37 bits per heavy atom. The Hall–Kier alpha value is -1.76. The lowest BCUT2D eigenvalue weighted by atomic mass is 10.2. The molecule has 1 amide bonds. The second-order valence-electron chi connectivity index (χ2n) is 3.97. The molecule has 0 aliphatic carbocycles. The number of carbonyl (C=O) groups excluding carboxylic acids is 1. The number of nitrogens with zero attached hydrogens (tertiary/aromatic N) is 1. The van der Waals surface area contributed by atoms with E-state index in [9.17, 15) is 18.0 Å². The molecular formula is C12H12F3NO3. The zero-order valence-corrected chi connectivity index (χ0v) is 9.94. The molecule has 0 bridgehead atoms. The molecule has 1 aliphatic heterocycles. The number of fused-ring (bicyclic) bond motifs is 1. The van der Waals surface area contributed by atoms with Gasteiger partial charge in [-0.25, -0.2) is 0 Å². The van der Waals surface area contributed by atoms with Crippen LogP contribution in [-0.2, 0) is 9.53 Å². The topological polar surface area (TPSA) is 38.8 Å². The van der Waals surface area contributed by atoms with Crippen LogP contribution in [0.25, 0.3) is 0 Å². The molecule has 0 atom stereocenters. The molecule has 1 heterocycles. The first kappa shape index (κ1) is 13.7. The average molecular weight is 275 g/mol. The lowest BCUT2D eigenvalue weighted by Gasteiger charge is -2.29. The van der Waals surface area contributed by atoms with Gasteiger partial charge in [0.1, 0.15) is 25.6 Å². The minimum Gasteiger partial charge on any atom is -0.490 e. The van der Waals surface area contributed by atoms with E-state index >= 15 is 0 Å². The van der Waals surface area contributed by atoms with Gasteiger partial charge in [0, 0.05) is 0 Å². The van der Waals surface area contributed by atoms with Crippen molar-refractivity contribution in [2.24, 2.45) is 0 Å². The SMILES string of the molecule is O=C(COCC(F)(F)F)N1CCOc2ccccc21. The molecule has 104 valence electrons. The van der Waals surface area contributed by atoms with Gasteiger partial charge in [-0.3, -0.25) is 4.79 Å². The first-order chi connectivity index (χ1) is 8.97. The summed E-state index contributed by atoms with van der Waals surface area (Å²) < 4.78 is 45.5. The molecule has 4 nitrogen and oxygen atoms in total. The Bertz CT molecular complexity index is 462. The van der Waals surface area contributed by atoms with Gasteiger partial charge in [-0.15, -0.1) is 0 Å². The van der Waals surface area contributed by atoms with Crippen LogP contribution in [0.3, 0.4) is 0 Å². The summed E-state index contributed by atoms with van der Waals surface area (Å²) in [7, 11) is 0. The van der Waals surface area contributed by atoms with E-state index in [0.29, 0.717) is 24.6 Å². The molecule has 0 aromatic heterocycles. The lowest BCUT2D eigenvalue weighted by Crippen LogP contribution is -2.40. The molecule has 0 radical (unpaired) electrons. The molecule has 0 spiro atoms. The van der Waals surface area contributed by atoms with Crippen molar-refractivity contribution >= 4 is 11.6 Å². The number of ether oxygens (including phenoxy) is 2. The smallest absolute Gasteiger partial charge is 0.411 e. The predicted molar refractivity (Wildman–Crippen MR) is 61.2 cm³/mol. The van der Waals surface area contributed by atoms with Crippen LogP contribution in [0, 0.1) is 0 Å². The van der Waals surface area contributed by atoms with Gasteiger partial charge < -0.3 is 14.4 Å². The third kappa shape index (κ3) is 3.60. The first-order valence-electron chi connectivity index (χ1n) is 5.64. The van der Waals surface area contributed by atoms with Crippen LogP contribution in [0.2, 0.25) is 0 Å². The molecule has 0 saturated heterocycles. The highest BCUT2D eigenvalue weighted by Gasteiger charge is 2.29. The maximum absolute atomic E-state index is 11.9. The van der Waals surface area contributed by atoms with Gasteiger partial charge in [0.15, 0.2) is 0 Å². The molecule has 1 aromatic rings. The van der Waals surface area contributed by atoms with Gasteiger partial charge in [-0.1, -0.05) is 12.1 Å². The summed E-state index contributed by atoms with van der Waals surface area (Å²) in [4.78, 5) is 13.2.